The Morgan fingerprint density at radius 1 is 1.22 bits per heavy atom. The molecule has 0 unspecified atom stereocenters. The lowest BCUT2D eigenvalue weighted by molar-refractivity contribution is -0.123. The smallest absolute Gasteiger partial charge is 0.277 e. The lowest BCUT2D eigenvalue weighted by atomic mass is 10.1. The third-order valence-corrected chi connectivity index (χ3v) is 3.28. The van der Waals surface area contributed by atoms with Crippen LogP contribution < -0.4 is 10.2 Å². The highest BCUT2D eigenvalue weighted by Crippen LogP contribution is 2.24. The summed E-state index contributed by atoms with van der Waals surface area (Å²) in [6, 6.07) is 10.8. The maximum absolute atomic E-state index is 11.8. The first-order valence-electron chi connectivity index (χ1n) is 7.28. The number of phenols is 1. The van der Waals surface area contributed by atoms with Gasteiger partial charge in [-0.15, -0.1) is 0 Å². The lowest BCUT2D eigenvalue weighted by Gasteiger charge is -2.12. The first-order chi connectivity index (χ1) is 11.0. The van der Waals surface area contributed by atoms with Gasteiger partial charge in [-0.1, -0.05) is 29.8 Å². The summed E-state index contributed by atoms with van der Waals surface area (Å²) >= 11 is 0. The number of carbonyl (C=O) groups is 1. The average Bonchev–Trinajstić information content (AvgIpc) is 2.48. The van der Waals surface area contributed by atoms with Crippen LogP contribution in [0.2, 0.25) is 0 Å². The Bertz CT molecular complexity index is 716. The zero-order valence-electron chi connectivity index (χ0n) is 13.5. The minimum atomic E-state index is -0.365. The molecule has 5 heteroatoms. The van der Waals surface area contributed by atoms with Gasteiger partial charge in [0.25, 0.3) is 5.91 Å². The highest BCUT2D eigenvalue weighted by Gasteiger charge is 2.07. The highest BCUT2D eigenvalue weighted by atomic mass is 16.5. The van der Waals surface area contributed by atoms with Crippen LogP contribution in [0.25, 0.3) is 0 Å². The fraction of sp³-hybridized carbons (Fsp3) is 0.222. The zero-order chi connectivity index (χ0) is 16.8. The Morgan fingerprint density at radius 3 is 2.52 bits per heavy atom. The Morgan fingerprint density at radius 2 is 1.87 bits per heavy atom. The molecule has 0 radical (unpaired) electrons. The van der Waals surface area contributed by atoms with Gasteiger partial charge in [0.2, 0.25) is 0 Å². The standard InChI is InChI=1S/C18H20N2O3/c1-12-8-13(2)18(14(3)9-12)23-11-17(22)20-19-10-15-6-4-5-7-16(15)21/h4-10,21H,11H2,1-3H3,(H,20,22). The van der Waals surface area contributed by atoms with E-state index in [4.69, 9.17) is 4.74 Å². The van der Waals surface area contributed by atoms with Gasteiger partial charge < -0.3 is 9.84 Å². The maximum atomic E-state index is 11.8. The summed E-state index contributed by atoms with van der Waals surface area (Å²) in [5.74, 6) is 0.458. The molecule has 2 aromatic carbocycles. The van der Waals surface area contributed by atoms with Crippen molar-refractivity contribution in [3.63, 3.8) is 0 Å². The van der Waals surface area contributed by atoms with E-state index in [0.717, 1.165) is 22.4 Å². The third-order valence-electron chi connectivity index (χ3n) is 3.28. The van der Waals surface area contributed by atoms with Gasteiger partial charge in [-0.05, 0) is 44.0 Å². The lowest BCUT2D eigenvalue weighted by Crippen LogP contribution is -2.25. The number of hydrogen-bond acceptors (Lipinski definition) is 4. The fourth-order valence-electron chi connectivity index (χ4n) is 2.33. The molecule has 0 aromatic heterocycles. The number of hydrazone groups is 1. The van der Waals surface area contributed by atoms with E-state index in [1.807, 2.05) is 32.9 Å². The van der Waals surface area contributed by atoms with Gasteiger partial charge in [0.05, 0.1) is 6.21 Å². The molecule has 0 aliphatic heterocycles. The van der Waals surface area contributed by atoms with E-state index < -0.39 is 0 Å². The van der Waals surface area contributed by atoms with Crippen molar-refractivity contribution in [2.24, 2.45) is 5.10 Å². The Kier molecular flexibility index (Phi) is 5.36. The largest absolute Gasteiger partial charge is 0.507 e. The molecule has 0 saturated carbocycles. The first kappa shape index (κ1) is 16.5. The van der Waals surface area contributed by atoms with Crippen LogP contribution in [-0.2, 0) is 4.79 Å². The summed E-state index contributed by atoms with van der Waals surface area (Å²) < 4.78 is 5.58. The molecule has 0 aliphatic rings. The van der Waals surface area contributed by atoms with Crippen molar-refractivity contribution in [2.45, 2.75) is 20.8 Å². The van der Waals surface area contributed by atoms with Crippen LogP contribution in [0.5, 0.6) is 11.5 Å². The molecule has 2 rings (SSSR count). The van der Waals surface area contributed by atoms with Crippen molar-refractivity contribution >= 4 is 12.1 Å². The van der Waals surface area contributed by atoms with Crippen molar-refractivity contribution in [2.75, 3.05) is 6.61 Å². The summed E-state index contributed by atoms with van der Waals surface area (Å²) in [5.41, 5.74) is 6.04. The van der Waals surface area contributed by atoms with Gasteiger partial charge in [-0.2, -0.15) is 5.10 Å². The number of hydrogen-bond donors (Lipinski definition) is 2. The van der Waals surface area contributed by atoms with Crippen LogP contribution >= 0.6 is 0 Å². The van der Waals surface area contributed by atoms with E-state index in [2.05, 4.69) is 10.5 Å². The summed E-state index contributed by atoms with van der Waals surface area (Å²) in [4.78, 5) is 11.8. The van der Waals surface area contributed by atoms with Crippen LogP contribution in [0.3, 0.4) is 0 Å². The normalized spacial score (nSPS) is 10.7. The van der Waals surface area contributed by atoms with Crippen molar-refractivity contribution < 1.29 is 14.6 Å². The Balaban J connectivity index is 1.90. The second kappa shape index (κ2) is 7.45. The van der Waals surface area contributed by atoms with E-state index in [1.54, 1.807) is 24.3 Å². The quantitative estimate of drug-likeness (QED) is 0.659. The first-order valence-corrected chi connectivity index (χ1v) is 7.28. The van der Waals surface area contributed by atoms with Crippen molar-refractivity contribution in [1.82, 2.24) is 5.43 Å². The number of nitrogens with zero attached hydrogens (tertiary/aromatic N) is 1. The summed E-state index contributed by atoms with van der Waals surface area (Å²) in [7, 11) is 0. The Labute approximate surface area is 135 Å². The molecule has 120 valence electrons. The van der Waals surface area contributed by atoms with Crippen molar-refractivity contribution in [1.29, 1.82) is 0 Å². The maximum Gasteiger partial charge on any atom is 0.277 e. The molecule has 0 heterocycles. The van der Waals surface area contributed by atoms with Gasteiger partial charge in [0, 0.05) is 5.56 Å². The minimum absolute atomic E-state index is 0.104. The number of carbonyl (C=O) groups excluding carboxylic acids is 1. The van der Waals surface area contributed by atoms with E-state index in [-0.39, 0.29) is 18.3 Å². The highest BCUT2D eigenvalue weighted by molar-refractivity contribution is 5.85. The molecule has 2 aromatic rings. The van der Waals surface area contributed by atoms with E-state index in [1.165, 1.54) is 6.21 Å². The average molecular weight is 312 g/mol. The minimum Gasteiger partial charge on any atom is -0.507 e. The topological polar surface area (TPSA) is 70.9 Å². The molecular weight excluding hydrogens is 292 g/mol. The number of nitrogens with one attached hydrogen (secondary N) is 1. The molecule has 0 fully saturated rings. The van der Waals surface area contributed by atoms with Crippen LogP contribution in [0.4, 0.5) is 0 Å². The van der Waals surface area contributed by atoms with E-state index >= 15 is 0 Å². The molecule has 0 bridgehead atoms. The number of phenolic OH excluding ortho intramolecular Hbond substituents is 1. The van der Waals surface area contributed by atoms with Gasteiger partial charge in [-0.25, -0.2) is 5.43 Å². The van der Waals surface area contributed by atoms with Crippen molar-refractivity contribution in [3.05, 3.63) is 58.7 Å². The van der Waals surface area contributed by atoms with Gasteiger partial charge in [0.15, 0.2) is 6.61 Å². The number of amides is 1. The van der Waals surface area contributed by atoms with Gasteiger partial charge in [0.1, 0.15) is 11.5 Å². The Hall–Kier alpha value is -2.82. The fourth-order valence-corrected chi connectivity index (χ4v) is 2.33. The molecule has 0 spiro atoms. The SMILES string of the molecule is Cc1cc(C)c(OCC(=O)NN=Cc2ccccc2O)c(C)c1. The number of ether oxygens (including phenoxy) is 1. The monoisotopic (exact) mass is 312 g/mol. The molecule has 23 heavy (non-hydrogen) atoms. The molecular formula is C18H20N2O3. The number of aromatic hydroxyl groups is 1. The predicted octanol–water partition coefficient (Wildman–Crippen LogP) is 2.85. The van der Waals surface area contributed by atoms with Crippen LogP contribution in [0.15, 0.2) is 41.5 Å². The molecule has 5 nitrogen and oxygen atoms in total. The van der Waals surface area contributed by atoms with Gasteiger partial charge in [-0.3, -0.25) is 4.79 Å². The number of para-hydroxylation sites is 1. The second-order valence-electron chi connectivity index (χ2n) is 5.37. The molecule has 0 atom stereocenters. The van der Waals surface area contributed by atoms with Crippen LogP contribution in [0, 0.1) is 20.8 Å². The summed E-state index contributed by atoms with van der Waals surface area (Å²) in [6.07, 6.45) is 1.38. The van der Waals surface area contributed by atoms with Crippen LogP contribution in [-0.4, -0.2) is 23.8 Å². The summed E-state index contributed by atoms with van der Waals surface area (Å²) in [6.45, 7) is 5.79. The van der Waals surface area contributed by atoms with Gasteiger partial charge >= 0.3 is 0 Å². The van der Waals surface area contributed by atoms with E-state index in [0.29, 0.717) is 5.56 Å². The predicted molar refractivity (Wildman–Crippen MR) is 90.0 cm³/mol. The zero-order valence-corrected chi connectivity index (χ0v) is 13.5. The number of rotatable bonds is 5. The third kappa shape index (κ3) is 4.57. The number of aryl methyl sites for hydroxylation is 3. The van der Waals surface area contributed by atoms with E-state index in [9.17, 15) is 9.90 Å². The molecule has 1 amide bonds. The van der Waals surface area contributed by atoms with Crippen molar-refractivity contribution in [3.8, 4) is 11.5 Å². The molecule has 0 aliphatic carbocycles. The summed E-state index contributed by atoms with van der Waals surface area (Å²) in [5, 5.41) is 13.4. The molecule has 2 N–H and O–H groups in total. The number of benzene rings is 2. The second-order valence-corrected chi connectivity index (χ2v) is 5.37. The molecule has 0 saturated heterocycles. The van der Waals surface area contributed by atoms with Crippen LogP contribution in [0.1, 0.15) is 22.3 Å².